The smallest absolute Gasteiger partial charge is 0.329 e. The number of hydrogen-bond donors (Lipinski definition) is 3. The maximum Gasteiger partial charge on any atom is 0.329 e. The van der Waals surface area contributed by atoms with Crippen LogP contribution in [-0.4, -0.2) is 41.1 Å². The number of carboxylic acids is 1. The van der Waals surface area contributed by atoms with Gasteiger partial charge in [-0.2, -0.15) is 0 Å². The molecule has 0 radical (unpaired) electrons. The zero-order chi connectivity index (χ0) is 15.2. The monoisotopic (exact) mass is 274 g/mol. The third-order valence-corrected chi connectivity index (χ3v) is 2.30. The largest absolute Gasteiger partial charge is 0.481 e. The average Bonchev–Trinajstić information content (AvgIpc) is 2.22. The Kier molecular flexibility index (Phi) is 7.06. The summed E-state index contributed by atoms with van der Waals surface area (Å²) in [6.07, 6.45) is -0.783. The number of amides is 1. The minimum Gasteiger partial charge on any atom is -0.481 e. The molecule has 0 bridgehead atoms. The first kappa shape index (κ1) is 17.4. The topological polar surface area (TPSA) is 119 Å². The molecule has 0 aliphatic carbocycles. The second-order valence-corrected chi connectivity index (χ2v) is 4.92. The van der Waals surface area contributed by atoms with Gasteiger partial charge < -0.3 is 20.9 Å². The van der Waals surface area contributed by atoms with Crippen molar-refractivity contribution in [2.75, 3.05) is 0 Å². The predicted molar refractivity (Wildman–Crippen MR) is 68.2 cm³/mol. The standard InChI is InChI=1S/C12H22N2O5/c1-6(2)10(12(18)19-7(3)4)14-11(17)8(13)5-9(15)16/h6-8,10H,5,13H2,1-4H3,(H,14,17)(H,15,16)/t8-,10+/m0/s1. The van der Waals surface area contributed by atoms with Crippen LogP contribution in [0.2, 0.25) is 0 Å². The maximum atomic E-state index is 11.8. The molecule has 7 heteroatoms. The molecule has 0 aromatic heterocycles. The lowest BCUT2D eigenvalue weighted by atomic mass is 10.0. The molecule has 1 amide bonds. The van der Waals surface area contributed by atoms with E-state index in [1.165, 1.54) is 0 Å². The Morgan fingerprint density at radius 1 is 1.21 bits per heavy atom. The number of hydrogen-bond acceptors (Lipinski definition) is 5. The van der Waals surface area contributed by atoms with Gasteiger partial charge in [0, 0.05) is 0 Å². The molecule has 4 N–H and O–H groups in total. The number of ether oxygens (including phenoxy) is 1. The highest BCUT2D eigenvalue weighted by atomic mass is 16.5. The van der Waals surface area contributed by atoms with Crippen LogP contribution in [0.1, 0.15) is 34.1 Å². The van der Waals surface area contributed by atoms with Crippen molar-refractivity contribution in [3.63, 3.8) is 0 Å². The van der Waals surface area contributed by atoms with Gasteiger partial charge in [-0.3, -0.25) is 9.59 Å². The summed E-state index contributed by atoms with van der Waals surface area (Å²) in [4.78, 5) is 33.9. The van der Waals surface area contributed by atoms with Gasteiger partial charge >= 0.3 is 11.9 Å². The highest BCUT2D eigenvalue weighted by Gasteiger charge is 2.28. The number of esters is 1. The van der Waals surface area contributed by atoms with Gasteiger partial charge in [0.2, 0.25) is 5.91 Å². The van der Waals surface area contributed by atoms with Crippen LogP contribution in [0, 0.1) is 5.92 Å². The lowest BCUT2D eigenvalue weighted by Crippen LogP contribution is -2.51. The molecule has 0 heterocycles. The molecule has 0 aliphatic rings. The number of carboxylic acid groups (broad SMARTS) is 1. The van der Waals surface area contributed by atoms with Gasteiger partial charge in [-0.05, 0) is 19.8 Å². The van der Waals surface area contributed by atoms with Crippen LogP contribution >= 0.6 is 0 Å². The normalized spacial score (nSPS) is 14.1. The van der Waals surface area contributed by atoms with Gasteiger partial charge in [0.05, 0.1) is 18.6 Å². The second-order valence-electron chi connectivity index (χ2n) is 4.92. The van der Waals surface area contributed by atoms with Gasteiger partial charge in [0.15, 0.2) is 0 Å². The van der Waals surface area contributed by atoms with Crippen molar-refractivity contribution in [2.24, 2.45) is 11.7 Å². The number of nitrogens with two attached hydrogens (primary N) is 1. The Bertz CT molecular complexity index is 341. The summed E-state index contributed by atoms with van der Waals surface area (Å²) in [5.41, 5.74) is 5.42. The fourth-order valence-corrected chi connectivity index (χ4v) is 1.34. The van der Waals surface area contributed by atoms with Crippen molar-refractivity contribution in [3.8, 4) is 0 Å². The number of nitrogens with one attached hydrogen (secondary N) is 1. The van der Waals surface area contributed by atoms with E-state index >= 15 is 0 Å². The minimum atomic E-state index is -1.19. The molecule has 0 aliphatic heterocycles. The van der Waals surface area contributed by atoms with E-state index in [9.17, 15) is 14.4 Å². The van der Waals surface area contributed by atoms with Gasteiger partial charge in [0.1, 0.15) is 6.04 Å². The van der Waals surface area contributed by atoms with Gasteiger partial charge in [-0.25, -0.2) is 4.79 Å². The lowest BCUT2D eigenvalue weighted by molar-refractivity contribution is -0.153. The van der Waals surface area contributed by atoms with Crippen molar-refractivity contribution in [2.45, 2.75) is 52.3 Å². The van der Waals surface area contributed by atoms with Crippen LogP contribution in [0.15, 0.2) is 0 Å². The number of carbonyl (C=O) groups is 3. The van der Waals surface area contributed by atoms with Crippen LogP contribution in [0.5, 0.6) is 0 Å². The third kappa shape index (κ3) is 6.76. The zero-order valence-electron chi connectivity index (χ0n) is 11.7. The van der Waals surface area contributed by atoms with Crippen molar-refractivity contribution in [3.05, 3.63) is 0 Å². The fourth-order valence-electron chi connectivity index (χ4n) is 1.34. The summed E-state index contributed by atoms with van der Waals surface area (Å²) in [7, 11) is 0. The molecular formula is C12H22N2O5. The van der Waals surface area contributed by atoms with Gasteiger partial charge in [-0.1, -0.05) is 13.8 Å². The number of carbonyl (C=O) groups excluding carboxylic acids is 2. The van der Waals surface area contributed by atoms with Crippen molar-refractivity contribution < 1.29 is 24.2 Å². The molecule has 0 rings (SSSR count). The lowest BCUT2D eigenvalue weighted by Gasteiger charge is -2.23. The number of aliphatic carboxylic acids is 1. The Hall–Kier alpha value is -1.63. The molecule has 0 saturated heterocycles. The van der Waals surface area contributed by atoms with Crippen LogP contribution in [-0.2, 0) is 19.1 Å². The Morgan fingerprint density at radius 2 is 1.74 bits per heavy atom. The van der Waals surface area contributed by atoms with Crippen LogP contribution in [0.25, 0.3) is 0 Å². The fraction of sp³-hybridized carbons (Fsp3) is 0.750. The van der Waals surface area contributed by atoms with Crippen molar-refractivity contribution >= 4 is 17.8 Å². The van der Waals surface area contributed by atoms with Crippen LogP contribution < -0.4 is 11.1 Å². The highest BCUT2D eigenvalue weighted by molar-refractivity contribution is 5.89. The predicted octanol–water partition coefficient (Wildman–Crippen LogP) is -0.119. The van der Waals surface area contributed by atoms with Crippen molar-refractivity contribution in [1.29, 1.82) is 0 Å². The average molecular weight is 274 g/mol. The molecule has 0 aromatic carbocycles. The summed E-state index contributed by atoms with van der Waals surface area (Å²) in [5.74, 6) is -2.59. The van der Waals surface area contributed by atoms with E-state index in [1.54, 1.807) is 27.7 Å². The van der Waals surface area contributed by atoms with E-state index in [0.717, 1.165) is 0 Å². The molecule has 7 nitrogen and oxygen atoms in total. The Morgan fingerprint density at radius 3 is 2.11 bits per heavy atom. The molecule has 110 valence electrons. The van der Waals surface area contributed by atoms with Crippen LogP contribution in [0.3, 0.4) is 0 Å². The van der Waals surface area contributed by atoms with Gasteiger partial charge in [-0.15, -0.1) is 0 Å². The molecular weight excluding hydrogens is 252 g/mol. The summed E-state index contributed by atoms with van der Waals surface area (Å²) in [5, 5.41) is 11.0. The minimum absolute atomic E-state index is 0.188. The second kappa shape index (κ2) is 7.73. The summed E-state index contributed by atoms with van der Waals surface area (Å²) in [6, 6.07) is -2.03. The zero-order valence-corrected chi connectivity index (χ0v) is 11.7. The first-order valence-corrected chi connectivity index (χ1v) is 6.13. The molecule has 0 unspecified atom stereocenters. The van der Waals surface area contributed by atoms with E-state index in [1.807, 2.05) is 0 Å². The van der Waals surface area contributed by atoms with Crippen molar-refractivity contribution in [1.82, 2.24) is 5.32 Å². The van der Waals surface area contributed by atoms with E-state index in [2.05, 4.69) is 5.32 Å². The van der Waals surface area contributed by atoms with Gasteiger partial charge in [0.25, 0.3) is 0 Å². The summed E-state index contributed by atoms with van der Waals surface area (Å²) < 4.78 is 5.02. The summed E-state index contributed by atoms with van der Waals surface area (Å²) >= 11 is 0. The SMILES string of the molecule is CC(C)OC(=O)[C@H](NC(=O)[C@@H](N)CC(=O)O)C(C)C. The molecule has 0 aromatic rings. The molecule has 0 saturated carbocycles. The maximum absolute atomic E-state index is 11.8. The molecule has 0 fully saturated rings. The molecule has 0 spiro atoms. The van der Waals surface area contributed by atoms with E-state index in [-0.39, 0.29) is 12.0 Å². The number of rotatable bonds is 7. The Balaban J connectivity index is 4.62. The highest BCUT2D eigenvalue weighted by Crippen LogP contribution is 2.06. The van der Waals surface area contributed by atoms with E-state index in [4.69, 9.17) is 15.6 Å². The first-order valence-electron chi connectivity index (χ1n) is 6.13. The van der Waals surface area contributed by atoms with Crippen LogP contribution in [0.4, 0.5) is 0 Å². The van der Waals surface area contributed by atoms with E-state index in [0.29, 0.717) is 0 Å². The molecule has 2 atom stereocenters. The third-order valence-electron chi connectivity index (χ3n) is 2.30. The van der Waals surface area contributed by atoms with E-state index < -0.39 is 36.4 Å². The summed E-state index contributed by atoms with van der Waals surface area (Å²) in [6.45, 7) is 6.89. The Labute approximate surface area is 112 Å². The quantitative estimate of drug-likeness (QED) is 0.557. The first-order chi connectivity index (χ1) is 8.65. The molecule has 19 heavy (non-hydrogen) atoms.